The second kappa shape index (κ2) is 5.04. The van der Waals surface area contributed by atoms with Crippen molar-refractivity contribution in [2.45, 2.75) is 25.4 Å². The highest BCUT2D eigenvalue weighted by Gasteiger charge is 2.57. The number of rotatable bonds is 4. The van der Waals surface area contributed by atoms with Crippen molar-refractivity contribution >= 4 is 17.8 Å². The van der Waals surface area contributed by atoms with Gasteiger partial charge in [0.05, 0.1) is 13.2 Å². The van der Waals surface area contributed by atoms with E-state index in [4.69, 9.17) is 0 Å². The molecule has 1 aliphatic carbocycles. The van der Waals surface area contributed by atoms with Crippen LogP contribution in [0.5, 0.6) is 0 Å². The van der Waals surface area contributed by atoms with Gasteiger partial charge in [-0.05, 0) is 12.8 Å². The molecule has 1 N–H and O–H groups in total. The fraction of sp³-hybridized carbons (Fsp3) is 0.727. The van der Waals surface area contributed by atoms with Crippen LogP contribution in [0.2, 0.25) is 0 Å². The van der Waals surface area contributed by atoms with E-state index in [1.165, 1.54) is 0 Å². The average Bonchev–Trinajstić information content (AvgIpc) is 2.23. The van der Waals surface area contributed by atoms with Gasteiger partial charge in [0.1, 0.15) is 12.0 Å². The predicted molar refractivity (Wildman–Crippen MR) is 58.4 cm³/mol. The summed E-state index contributed by atoms with van der Waals surface area (Å²) in [5, 5.41) is 2.06. The number of ether oxygens (including phenoxy) is 1. The number of alkyl halides is 3. The first-order valence-electron chi connectivity index (χ1n) is 6.08. The monoisotopic (exact) mass is 294 g/mol. The fourth-order valence-corrected chi connectivity index (χ4v) is 2.25. The third-order valence-electron chi connectivity index (χ3n) is 3.49. The van der Waals surface area contributed by atoms with Crippen LogP contribution < -0.4 is 5.32 Å². The van der Waals surface area contributed by atoms with Crippen LogP contribution in [-0.2, 0) is 14.3 Å². The van der Waals surface area contributed by atoms with Crippen molar-refractivity contribution in [1.29, 1.82) is 0 Å². The van der Waals surface area contributed by atoms with E-state index in [0.717, 1.165) is 4.90 Å². The van der Waals surface area contributed by atoms with E-state index in [0.29, 0.717) is 19.3 Å². The Balaban J connectivity index is 1.92. The Morgan fingerprint density at radius 3 is 2.40 bits per heavy atom. The number of carbonyl (C=O) groups excluding carboxylic acids is 3. The number of carbonyl (C=O) groups is 3. The molecule has 1 saturated carbocycles. The number of hydrogen-bond acceptors (Lipinski definition) is 4. The van der Waals surface area contributed by atoms with E-state index in [2.05, 4.69) is 10.1 Å². The van der Waals surface area contributed by atoms with Crippen LogP contribution in [0, 0.1) is 5.41 Å². The van der Waals surface area contributed by atoms with Gasteiger partial charge in [-0.3, -0.25) is 19.8 Å². The molecule has 112 valence electrons. The van der Waals surface area contributed by atoms with Crippen molar-refractivity contribution in [3.63, 3.8) is 0 Å². The van der Waals surface area contributed by atoms with E-state index in [9.17, 15) is 27.6 Å². The van der Waals surface area contributed by atoms with Crippen molar-refractivity contribution in [2.75, 3.05) is 19.8 Å². The zero-order valence-electron chi connectivity index (χ0n) is 10.5. The maximum Gasteiger partial charge on any atom is 0.411 e. The molecule has 1 saturated heterocycles. The summed E-state index contributed by atoms with van der Waals surface area (Å²) in [5.41, 5.74) is -1.21. The third-order valence-corrected chi connectivity index (χ3v) is 3.49. The number of imide groups is 2. The van der Waals surface area contributed by atoms with E-state index >= 15 is 0 Å². The Labute approximate surface area is 112 Å². The highest BCUT2D eigenvalue weighted by Crippen LogP contribution is 2.44. The van der Waals surface area contributed by atoms with Crippen LogP contribution in [0.1, 0.15) is 19.3 Å². The number of hydrogen-bond donors (Lipinski definition) is 1. The molecule has 2 fully saturated rings. The Kier molecular flexibility index (Phi) is 3.72. The molecule has 0 bridgehead atoms. The largest absolute Gasteiger partial charge is 0.411 e. The second-order valence-electron chi connectivity index (χ2n) is 4.82. The Morgan fingerprint density at radius 1 is 1.25 bits per heavy atom. The van der Waals surface area contributed by atoms with E-state index in [-0.39, 0.29) is 6.54 Å². The predicted octanol–water partition coefficient (Wildman–Crippen LogP) is 0.814. The normalized spacial score (nSPS) is 21.9. The van der Waals surface area contributed by atoms with Gasteiger partial charge in [0.2, 0.25) is 11.8 Å². The number of halogens is 3. The van der Waals surface area contributed by atoms with Gasteiger partial charge in [0, 0.05) is 0 Å². The molecular weight excluding hydrogens is 281 g/mol. The maximum absolute atomic E-state index is 12.1. The molecule has 0 unspecified atom stereocenters. The van der Waals surface area contributed by atoms with Gasteiger partial charge in [0.15, 0.2) is 0 Å². The molecule has 20 heavy (non-hydrogen) atoms. The summed E-state index contributed by atoms with van der Waals surface area (Å²) in [6.45, 7) is -2.18. The number of amides is 4. The molecule has 6 nitrogen and oxygen atoms in total. The van der Waals surface area contributed by atoms with E-state index < -0.39 is 42.7 Å². The highest BCUT2D eigenvalue weighted by atomic mass is 19.4. The lowest BCUT2D eigenvalue weighted by atomic mass is 9.66. The minimum atomic E-state index is -4.46. The van der Waals surface area contributed by atoms with Crippen molar-refractivity contribution in [3.8, 4) is 0 Å². The maximum atomic E-state index is 12.1. The molecule has 0 aromatic heterocycles. The van der Waals surface area contributed by atoms with Crippen LogP contribution in [0.3, 0.4) is 0 Å². The Morgan fingerprint density at radius 2 is 1.90 bits per heavy atom. The zero-order chi connectivity index (χ0) is 15.0. The molecule has 4 amide bonds. The quantitative estimate of drug-likeness (QED) is 0.615. The molecule has 1 aliphatic heterocycles. The topological polar surface area (TPSA) is 75.7 Å². The summed E-state index contributed by atoms with van der Waals surface area (Å²) in [6.07, 6.45) is -3.05. The van der Waals surface area contributed by atoms with Crippen molar-refractivity contribution in [1.82, 2.24) is 10.2 Å². The van der Waals surface area contributed by atoms with Gasteiger partial charge < -0.3 is 4.74 Å². The van der Waals surface area contributed by atoms with Crippen molar-refractivity contribution in [3.05, 3.63) is 0 Å². The SMILES string of the molecule is O=C1NC(=O)C2(CCC2)C(=O)N1CCOCC(F)(F)F. The minimum absolute atomic E-state index is 0.310. The number of barbiturate groups is 1. The number of nitrogens with zero attached hydrogens (tertiary/aromatic N) is 1. The molecular formula is C11H13F3N2O4. The van der Waals surface area contributed by atoms with Gasteiger partial charge >= 0.3 is 12.2 Å². The Hall–Kier alpha value is -1.64. The summed E-state index contributed by atoms with van der Waals surface area (Å²) in [6, 6.07) is -0.909. The van der Waals surface area contributed by atoms with Crippen molar-refractivity contribution in [2.24, 2.45) is 5.41 Å². The van der Waals surface area contributed by atoms with Crippen LogP contribution >= 0.6 is 0 Å². The van der Waals surface area contributed by atoms with Gasteiger partial charge in [-0.2, -0.15) is 13.2 Å². The van der Waals surface area contributed by atoms with E-state index in [1.54, 1.807) is 0 Å². The zero-order valence-corrected chi connectivity index (χ0v) is 10.5. The van der Waals surface area contributed by atoms with E-state index in [1.807, 2.05) is 0 Å². The summed E-state index contributed by atoms with van der Waals surface area (Å²) in [7, 11) is 0. The molecule has 2 rings (SSSR count). The third kappa shape index (κ3) is 2.62. The van der Waals surface area contributed by atoms with Crippen LogP contribution in [0.4, 0.5) is 18.0 Å². The molecule has 1 spiro atoms. The van der Waals surface area contributed by atoms with Gasteiger partial charge in [-0.25, -0.2) is 4.79 Å². The lowest BCUT2D eigenvalue weighted by Crippen LogP contribution is -2.66. The van der Waals surface area contributed by atoms with Gasteiger partial charge in [-0.1, -0.05) is 6.42 Å². The molecule has 0 radical (unpaired) electrons. The fourth-order valence-electron chi connectivity index (χ4n) is 2.25. The minimum Gasteiger partial charge on any atom is -0.370 e. The first-order chi connectivity index (χ1) is 9.26. The first-order valence-corrected chi connectivity index (χ1v) is 6.08. The van der Waals surface area contributed by atoms with Crippen LogP contribution in [-0.4, -0.2) is 48.7 Å². The van der Waals surface area contributed by atoms with Crippen LogP contribution in [0.15, 0.2) is 0 Å². The number of nitrogens with one attached hydrogen (secondary N) is 1. The van der Waals surface area contributed by atoms with Crippen LogP contribution in [0.25, 0.3) is 0 Å². The first kappa shape index (κ1) is 14.8. The summed E-state index contributed by atoms with van der Waals surface area (Å²) < 4.78 is 40.0. The summed E-state index contributed by atoms with van der Waals surface area (Å²) in [5.74, 6) is -1.26. The molecule has 0 aromatic rings. The molecule has 0 atom stereocenters. The smallest absolute Gasteiger partial charge is 0.370 e. The van der Waals surface area contributed by atoms with Gasteiger partial charge in [0.25, 0.3) is 0 Å². The average molecular weight is 294 g/mol. The second-order valence-corrected chi connectivity index (χ2v) is 4.82. The standard InChI is InChI=1S/C11H13F3N2O4/c12-11(13,14)6-20-5-4-16-8(18)10(2-1-3-10)7(17)15-9(16)19/h1-6H2,(H,15,17,19). The highest BCUT2D eigenvalue weighted by molar-refractivity contribution is 6.19. The molecule has 1 heterocycles. The number of urea groups is 1. The van der Waals surface area contributed by atoms with Crippen molar-refractivity contribution < 1.29 is 32.3 Å². The lowest BCUT2D eigenvalue weighted by molar-refractivity contribution is -0.175. The molecule has 2 aliphatic rings. The van der Waals surface area contributed by atoms with Gasteiger partial charge in [-0.15, -0.1) is 0 Å². The summed E-state index contributed by atoms with van der Waals surface area (Å²) >= 11 is 0. The summed E-state index contributed by atoms with van der Waals surface area (Å²) in [4.78, 5) is 36.1. The molecule has 9 heteroatoms. The Bertz CT molecular complexity index is 445. The lowest BCUT2D eigenvalue weighted by Gasteiger charge is -2.44. The molecule has 0 aromatic carbocycles.